The molecule has 0 radical (unpaired) electrons. The number of rotatable bonds is 5. The predicted octanol–water partition coefficient (Wildman–Crippen LogP) is 3.33. The Bertz CT molecular complexity index is 745. The third-order valence-corrected chi connectivity index (χ3v) is 5.08. The van der Waals surface area contributed by atoms with Gasteiger partial charge in [0, 0.05) is 6.04 Å². The van der Waals surface area contributed by atoms with Gasteiger partial charge in [-0.15, -0.1) is 21.5 Å². The molecule has 0 atom stereocenters. The van der Waals surface area contributed by atoms with E-state index < -0.39 is 0 Å². The normalized spacial score (nSPS) is 14.7. The zero-order valence-electron chi connectivity index (χ0n) is 11.4. The number of thiophene rings is 1. The van der Waals surface area contributed by atoms with Gasteiger partial charge >= 0.3 is 0 Å². The highest BCUT2D eigenvalue weighted by molar-refractivity contribution is 7.98. The molecule has 1 aliphatic carbocycles. The van der Waals surface area contributed by atoms with E-state index in [0.29, 0.717) is 23.5 Å². The summed E-state index contributed by atoms with van der Waals surface area (Å²) in [7, 11) is 0. The average Bonchev–Trinajstić information content (AvgIpc) is 2.94. The summed E-state index contributed by atoms with van der Waals surface area (Å²) in [6, 6.07) is 4.54. The van der Waals surface area contributed by atoms with Crippen molar-refractivity contribution in [3.63, 3.8) is 0 Å². The average molecular weight is 319 g/mol. The van der Waals surface area contributed by atoms with Crippen LogP contribution in [0.2, 0.25) is 0 Å². The van der Waals surface area contributed by atoms with Crippen molar-refractivity contribution in [1.82, 2.24) is 24.9 Å². The van der Waals surface area contributed by atoms with Crippen LogP contribution in [0.15, 0.2) is 27.2 Å². The summed E-state index contributed by atoms with van der Waals surface area (Å²) in [6.07, 6.45) is 2.44. The number of hydrogen-bond acceptors (Lipinski definition) is 7. The molecule has 0 spiro atoms. The molecule has 0 bridgehead atoms. The minimum absolute atomic E-state index is 0.576. The molecule has 1 saturated carbocycles. The number of hydrogen-bond donors (Lipinski definition) is 0. The van der Waals surface area contributed by atoms with Gasteiger partial charge in [-0.05, 0) is 31.2 Å². The van der Waals surface area contributed by atoms with Crippen LogP contribution in [-0.4, -0.2) is 24.9 Å². The summed E-state index contributed by atoms with van der Waals surface area (Å²) < 4.78 is 7.51. The fourth-order valence-electron chi connectivity index (χ4n) is 2.15. The van der Waals surface area contributed by atoms with E-state index in [1.165, 1.54) is 12.8 Å². The van der Waals surface area contributed by atoms with E-state index in [1.807, 2.05) is 24.4 Å². The molecule has 3 aromatic heterocycles. The van der Waals surface area contributed by atoms with Crippen LogP contribution < -0.4 is 0 Å². The van der Waals surface area contributed by atoms with Gasteiger partial charge in [-0.2, -0.15) is 4.98 Å². The van der Waals surface area contributed by atoms with Gasteiger partial charge in [0.1, 0.15) is 5.82 Å². The topological polar surface area (TPSA) is 69.6 Å². The molecule has 6 nitrogen and oxygen atoms in total. The Hall–Kier alpha value is -1.67. The standard InChI is InChI=1S/C13H13N5OS2/c1-8-15-16-13(18(8)9-4-5-9)21-7-11-14-12(17-19-11)10-3-2-6-20-10/h2-3,6,9H,4-5,7H2,1H3. The fourth-order valence-corrected chi connectivity index (χ4v) is 3.68. The SMILES string of the molecule is Cc1nnc(SCc2nc(-c3cccs3)no2)n1C1CC1. The van der Waals surface area contributed by atoms with E-state index in [0.717, 1.165) is 15.9 Å². The van der Waals surface area contributed by atoms with E-state index in [1.54, 1.807) is 23.1 Å². The van der Waals surface area contributed by atoms with Crippen molar-refractivity contribution >= 4 is 23.1 Å². The van der Waals surface area contributed by atoms with Gasteiger partial charge in [0.05, 0.1) is 10.6 Å². The number of aryl methyl sites for hydroxylation is 1. The van der Waals surface area contributed by atoms with Gasteiger partial charge in [-0.25, -0.2) is 0 Å². The first-order chi connectivity index (χ1) is 10.3. The Balaban J connectivity index is 1.48. The summed E-state index contributed by atoms with van der Waals surface area (Å²) in [6.45, 7) is 2.00. The van der Waals surface area contributed by atoms with Crippen LogP contribution in [0.1, 0.15) is 30.6 Å². The second kappa shape index (κ2) is 5.27. The quantitative estimate of drug-likeness (QED) is 0.672. The molecule has 4 rings (SSSR count). The third kappa shape index (κ3) is 2.60. The molecule has 0 amide bonds. The first kappa shape index (κ1) is 13.0. The molecule has 21 heavy (non-hydrogen) atoms. The molecule has 1 fully saturated rings. The minimum Gasteiger partial charge on any atom is -0.338 e. The van der Waals surface area contributed by atoms with Gasteiger partial charge in [0.15, 0.2) is 5.16 Å². The van der Waals surface area contributed by atoms with Crippen molar-refractivity contribution in [3.8, 4) is 10.7 Å². The molecule has 108 valence electrons. The molecule has 0 N–H and O–H groups in total. The van der Waals surface area contributed by atoms with Gasteiger partial charge in [0.2, 0.25) is 11.7 Å². The zero-order chi connectivity index (χ0) is 14.2. The smallest absolute Gasteiger partial charge is 0.237 e. The highest BCUT2D eigenvalue weighted by atomic mass is 32.2. The molecule has 3 heterocycles. The first-order valence-electron chi connectivity index (χ1n) is 6.72. The summed E-state index contributed by atoms with van der Waals surface area (Å²) >= 11 is 3.20. The van der Waals surface area contributed by atoms with Crippen LogP contribution in [0.4, 0.5) is 0 Å². The molecular formula is C13H13N5OS2. The van der Waals surface area contributed by atoms with Gasteiger partial charge in [0.25, 0.3) is 0 Å². The number of thioether (sulfide) groups is 1. The van der Waals surface area contributed by atoms with Crippen LogP contribution in [-0.2, 0) is 5.75 Å². The monoisotopic (exact) mass is 319 g/mol. The lowest BCUT2D eigenvalue weighted by Gasteiger charge is -2.04. The summed E-state index contributed by atoms with van der Waals surface area (Å²) in [4.78, 5) is 5.44. The summed E-state index contributed by atoms with van der Waals surface area (Å²) in [5.41, 5.74) is 0. The first-order valence-corrected chi connectivity index (χ1v) is 8.58. The maximum Gasteiger partial charge on any atom is 0.237 e. The van der Waals surface area contributed by atoms with E-state index >= 15 is 0 Å². The molecule has 0 unspecified atom stereocenters. The largest absolute Gasteiger partial charge is 0.338 e. The lowest BCUT2D eigenvalue weighted by Crippen LogP contribution is -1.99. The Morgan fingerprint density at radius 1 is 1.43 bits per heavy atom. The van der Waals surface area contributed by atoms with Crippen molar-refractivity contribution in [1.29, 1.82) is 0 Å². The van der Waals surface area contributed by atoms with Gasteiger partial charge < -0.3 is 9.09 Å². The lowest BCUT2D eigenvalue weighted by atomic mass is 10.4. The molecular weight excluding hydrogens is 306 g/mol. The zero-order valence-corrected chi connectivity index (χ0v) is 13.0. The highest BCUT2D eigenvalue weighted by Gasteiger charge is 2.28. The molecule has 0 aromatic carbocycles. The van der Waals surface area contributed by atoms with Crippen molar-refractivity contribution in [2.24, 2.45) is 0 Å². The second-order valence-corrected chi connectivity index (χ2v) is 6.80. The maximum atomic E-state index is 5.30. The summed E-state index contributed by atoms with van der Waals surface area (Å²) in [5, 5.41) is 15.4. The molecule has 0 aliphatic heterocycles. The molecule has 0 saturated heterocycles. The lowest BCUT2D eigenvalue weighted by molar-refractivity contribution is 0.391. The van der Waals surface area contributed by atoms with Crippen LogP contribution in [0, 0.1) is 6.92 Å². The van der Waals surface area contributed by atoms with Crippen LogP contribution in [0.5, 0.6) is 0 Å². The van der Waals surface area contributed by atoms with Gasteiger partial charge in [-0.3, -0.25) is 0 Å². The second-order valence-electron chi connectivity index (χ2n) is 4.91. The molecule has 3 aromatic rings. The van der Waals surface area contributed by atoms with Crippen LogP contribution in [0.25, 0.3) is 10.7 Å². The van der Waals surface area contributed by atoms with Crippen LogP contribution >= 0.6 is 23.1 Å². The van der Waals surface area contributed by atoms with Crippen molar-refractivity contribution in [2.45, 2.75) is 36.7 Å². The van der Waals surface area contributed by atoms with E-state index in [9.17, 15) is 0 Å². The Morgan fingerprint density at radius 2 is 2.33 bits per heavy atom. The Kier molecular flexibility index (Phi) is 3.27. The van der Waals surface area contributed by atoms with Crippen LogP contribution in [0.3, 0.4) is 0 Å². The van der Waals surface area contributed by atoms with Crippen molar-refractivity contribution in [3.05, 3.63) is 29.2 Å². The Labute approximate surface area is 129 Å². The van der Waals surface area contributed by atoms with E-state index in [-0.39, 0.29) is 0 Å². The predicted molar refractivity (Wildman–Crippen MR) is 80.2 cm³/mol. The van der Waals surface area contributed by atoms with E-state index in [2.05, 4.69) is 24.9 Å². The molecule has 1 aliphatic rings. The minimum atomic E-state index is 0.576. The summed E-state index contributed by atoms with van der Waals surface area (Å²) in [5.74, 6) is 2.86. The number of nitrogens with zero attached hydrogens (tertiary/aromatic N) is 5. The molecule has 8 heteroatoms. The van der Waals surface area contributed by atoms with Crippen molar-refractivity contribution in [2.75, 3.05) is 0 Å². The maximum absolute atomic E-state index is 5.30. The van der Waals surface area contributed by atoms with Crippen molar-refractivity contribution < 1.29 is 4.52 Å². The highest BCUT2D eigenvalue weighted by Crippen LogP contribution is 2.39. The third-order valence-electron chi connectivity index (χ3n) is 3.28. The fraction of sp³-hybridized carbons (Fsp3) is 0.385. The van der Waals surface area contributed by atoms with E-state index in [4.69, 9.17) is 4.52 Å². The number of aromatic nitrogens is 5. The Morgan fingerprint density at radius 3 is 3.10 bits per heavy atom. The van der Waals surface area contributed by atoms with Gasteiger partial charge in [-0.1, -0.05) is 23.0 Å².